The van der Waals surface area contributed by atoms with Gasteiger partial charge in [-0.15, -0.1) is 0 Å². The molecule has 2 heterocycles. The van der Waals surface area contributed by atoms with Gasteiger partial charge >= 0.3 is 6.03 Å². The summed E-state index contributed by atoms with van der Waals surface area (Å²) in [6, 6.07) is 8.99. The molecule has 1 aliphatic heterocycles. The van der Waals surface area contributed by atoms with Crippen LogP contribution >= 0.6 is 0 Å². The molecule has 9 atom stereocenters. The zero-order chi connectivity index (χ0) is 64.6. The van der Waals surface area contributed by atoms with Crippen LogP contribution in [0, 0.1) is 11.3 Å². The topological polar surface area (TPSA) is 468 Å². The maximum atomic E-state index is 14.1. The van der Waals surface area contributed by atoms with Crippen molar-refractivity contribution in [1.29, 1.82) is 5.41 Å². The quantitative estimate of drug-likeness (QED) is 0.0105. The highest BCUT2D eigenvalue weighted by Crippen LogP contribution is 2.20. The molecule has 0 aliphatic carbocycles. The molecule has 1 saturated heterocycles. The van der Waals surface area contributed by atoms with Crippen LogP contribution in [0.2, 0.25) is 0 Å². The van der Waals surface area contributed by atoms with E-state index in [1.165, 1.54) is 24.0 Å². The number of piperazine rings is 1. The molecule has 5 rings (SSSR count). The number of phenolic OH excluding ortho intramolecular Hbond substituents is 1. The zero-order valence-electron chi connectivity index (χ0n) is 49.6. The average molecular weight is 1220 g/mol. The lowest BCUT2D eigenvalue weighted by atomic mass is 10.0. The van der Waals surface area contributed by atoms with E-state index in [1.807, 2.05) is 24.3 Å². The van der Waals surface area contributed by atoms with Gasteiger partial charge in [0.1, 0.15) is 54.1 Å². The third-order valence-electron chi connectivity index (χ3n) is 14.1. The number of hydrogen-bond donors (Lipinski definition) is 18. The first-order chi connectivity index (χ1) is 41.8. The van der Waals surface area contributed by atoms with Gasteiger partial charge in [-0.05, 0) is 67.0 Å². The van der Waals surface area contributed by atoms with Crippen molar-refractivity contribution in [3.05, 3.63) is 102 Å². The van der Waals surface area contributed by atoms with E-state index >= 15 is 0 Å². The predicted molar refractivity (Wildman–Crippen MR) is 321 cm³/mol. The minimum Gasteiger partial charge on any atom is -0.508 e. The number of nitrogens with two attached hydrogens (primary N) is 2. The fourth-order valence-electron chi connectivity index (χ4n) is 9.64. The Morgan fingerprint density at radius 1 is 0.682 bits per heavy atom. The van der Waals surface area contributed by atoms with Crippen LogP contribution in [0.15, 0.2) is 85.1 Å². The Balaban J connectivity index is 1.27. The summed E-state index contributed by atoms with van der Waals surface area (Å²) < 4.78 is 0. The van der Waals surface area contributed by atoms with Crippen LogP contribution in [0.4, 0.5) is 4.79 Å². The average Bonchev–Trinajstić information content (AvgIpc) is 3.99. The maximum Gasteiger partial charge on any atom is 0.334 e. The number of guanidine groups is 1. The molecule has 0 saturated carbocycles. The standard InChI is InChI=1S/C58H81N17O13/c1-31(2)24-42(51(82)67-40(16-11-21-64-57(61)62-5)50(81)68-41(49(60)80)27-36-29-65-39-15-10-9-14-38(36)39)71-58(88)74-73-53(84)43(25-34-12-7-6-8-13-34)70-55(86)48(32(3)76)72-52(83)44(28-47(59)79)69-54(85)46-30-63-22-23-75(46)56(87)45(66-33(4)77)26-35-17-19-37(78)20-18-35/h6-10,12-15,17-20,29,31-32,40-46,48,63,65,76,78H,11,16,21-28,30H2,1-5H3,(H2,59,79)(H2,60,80)(H,66,77)(H,67,82)(H,68,81)(H,69,85)(H,70,86)(H,72,83)(H,73,84)(H3,61,62,64)(H2,71,74,88)/t32-,40+,41+,42+,43+,44+,45-,46?,48?/m1/s1. The highest BCUT2D eigenvalue weighted by molar-refractivity contribution is 5.99. The number of aromatic amines is 1. The van der Waals surface area contributed by atoms with Crippen molar-refractivity contribution in [3.8, 4) is 5.75 Å². The smallest absolute Gasteiger partial charge is 0.334 e. The van der Waals surface area contributed by atoms with Crippen molar-refractivity contribution < 1.29 is 63.0 Å². The lowest BCUT2D eigenvalue weighted by molar-refractivity contribution is -0.145. The molecule has 0 spiro atoms. The molecule has 476 valence electrons. The number of urea groups is 1. The summed E-state index contributed by atoms with van der Waals surface area (Å²) in [6.07, 6.45) is -0.753. The number of phenols is 1. The Bertz CT molecular complexity index is 3110. The summed E-state index contributed by atoms with van der Waals surface area (Å²) in [5, 5.41) is 55.5. The molecule has 2 unspecified atom stereocenters. The molecule has 1 fully saturated rings. The van der Waals surface area contributed by atoms with Gasteiger partial charge in [0.05, 0.1) is 12.5 Å². The number of hydrogen-bond acceptors (Lipinski definition) is 15. The third kappa shape index (κ3) is 21.6. The van der Waals surface area contributed by atoms with E-state index < -0.39 is 126 Å². The number of aliphatic hydroxyl groups is 1. The first kappa shape index (κ1) is 68.9. The molecule has 3 aromatic carbocycles. The molecular weight excluding hydrogens is 1140 g/mol. The number of carbonyl (C=O) groups is 11. The molecule has 12 amide bonds. The molecule has 1 aliphatic rings. The highest BCUT2D eigenvalue weighted by atomic mass is 16.3. The van der Waals surface area contributed by atoms with Gasteiger partial charge in [0.25, 0.3) is 5.91 Å². The summed E-state index contributed by atoms with van der Waals surface area (Å²) in [7, 11) is 1.54. The molecule has 0 bridgehead atoms. The van der Waals surface area contributed by atoms with Crippen molar-refractivity contribution in [2.24, 2.45) is 17.4 Å². The fourth-order valence-corrected chi connectivity index (χ4v) is 9.64. The molecule has 0 radical (unpaired) electrons. The number of H-pyrrole nitrogens is 1. The second kappa shape index (κ2) is 33.7. The predicted octanol–water partition coefficient (Wildman–Crippen LogP) is -3.36. The monoisotopic (exact) mass is 1220 g/mol. The lowest BCUT2D eigenvalue weighted by Gasteiger charge is -2.38. The number of primary amides is 2. The van der Waals surface area contributed by atoms with Crippen molar-refractivity contribution >= 4 is 82.0 Å². The van der Waals surface area contributed by atoms with Crippen LogP contribution in [0.5, 0.6) is 5.75 Å². The van der Waals surface area contributed by atoms with E-state index in [-0.39, 0.29) is 82.3 Å². The van der Waals surface area contributed by atoms with E-state index in [0.717, 1.165) is 17.8 Å². The van der Waals surface area contributed by atoms with E-state index in [0.29, 0.717) is 16.7 Å². The van der Waals surface area contributed by atoms with Gasteiger partial charge in [-0.2, -0.15) is 0 Å². The Kier molecular flexibility index (Phi) is 26.4. The van der Waals surface area contributed by atoms with Gasteiger partial charge < -0.3 is 84.7 Å². The second-order valence-electron chi connectivity index (χ2n) is 21.6. The van der Waals surface area contributed by atoms with Crippen LogP contribution < -0.4 is 75.5 Å². The van der Waals surface area contributed by atoms with Crippen LogP contribution in [0.3, 0.4) is 0 Å². The van der Waals surface area contributed by atoms with Gasteiger partial charge in [-0.1, -0.05) is 74.5 Å². The molecule has 1 aromatic heterocycles. The van der Waals surface area contributed by atoms with Gasteiger partial charge in [-0.3, -0.25) is 58.8 Å². The first-order valence-electron chi connectivity index (χ1n) is 28.6. The number of aliphatic hydroxyl groups excluding tert-OH is 1. The third-order valence-corrected chi connectivity index (χ3v) is 14.1. The van der Waals surface area contributed by atoms with Crippen LogP contribution in [0.1, 0.15) is 70.1 Å². The SMILES string of the molecule is CNC(=N)NCCC[C@H](NC(=O)[C@H](CC(C)C)NC(=O)NNC(=O)[C@H](Cc1ccccc1)NC(=O)C(NC(=O)[C@H](CC(N)=O)NC(=O)C1CNCCN1C(=O)[C@@H](Cc1ccc(O)cc1)NC(C)=O)[C@@H](C)O)C(=O)N[C@@H](Cc1c[nH]c2ccccc12)C(N)=O. The summed E-state index contributed by atoms with van der Waals surface area (Å²) in [5.74, 6) is -9.15. The van der Waals surface area contributed by atoms with Gasteiger partial charge in [0.15, 0.2) is 5.96 Å². The number of fused-ring (bicyclic) bond motifs is 1. The highest BCUT2D eigenvalue weighted by Gasteiger charge is 2.39. The zero-order valence-corrected chi connectivity index (χ0v) is 49.6. The Hall–Kier alpha value is -9.84. The van der Waals surface area contributed by atoms with Gasteiger partial charge in [-0.25, -0.2) is 10.2 Å². The number of carbonyl (C=O) groups excluding carboxylic acids is 11. The summed E-state index contributed by atoms with van der Waals surface area (Å²) in [4.78, 5) is 154. The minimum atomic E-state index is -1.87. The minimum absolute atomic E-state index is 0.00436. The summed E-state index contributed by atoms with van der Waals surface area (Å²) in [5.41, 5.74) is 18.3. The van der Waals surface area contributed by atoms with Crippen LogP contribution in [-0.4, -0.2) is 179 Å². The number of amides is 12. The van der Waals surface area contributed by atoms with Gasteiger partial charge in [0, 0.05) is 76.5 Å². The Labute approximate surface area is 507 Å². The number of aromatic hydroxyl groups is 1. The van der Waals surface area contributed by atoms with E-state index in [2.05, 4.69) is 69.0 Å². The number of hydrazine groups is 1. The number of nitrogens with zero attached hydrogens (tertiary/aromatic N) is 1. The van der Waals surface area contributed by atoms with Gasteiger partial charge in [0.2, 0.25) is 53.2 Å². The summed E-state index contributed by atoms with van der Waals surface area (Å²) in [6.45, 7) is 6.21. The number of nitrogens with one attached hydrogen (secondary N) is 14. The molecule has 30 heteroatoms. The van der Waals surface area contributed by atoms with E-state index in [4.69, 9.17) is 16.9 Å². The Morgan fingerprint density at radius 2 is 1.31 bits per heavy atom. The number of rotatable bonds is 30. The van der Waals surface area contributed by atoms with Crippen LogP contribution in [0.25, 0.3) is 10.9 Å². The normalized spacial score (nSPS) is 15.6. The molecule has 30 nitrogen and oxygen atoms in total. The second-order valence-corrected chi connectivity index (χ2v) is 21.6. The lowest BCUT2D eigenvalue weighted by Crippen LogP contribution is -2.65. The number of benzene rings is 3. The molecule has 88 heavy (non-hydrogen) atoms. The maximum absolute atomic E-state index is 14.1. The van der Waals surface area contributed by atoms with E-state index in [9.17, 15) is 63.0 Å². The van der Waals surface area contributed by atoms with Crippen LogP contribution in [-0.2, 0) is 67.2 Å². The van der Waals surface area contributed by atoms with Crippen molar-refractivity contribution in [3.63, 3.8) is 0 Å². The fraction of sp³-hybridized carbons (Fsp3) is 0.448. The van der Waals surface area contributed by atoms with E-state index in [1.54, 1.807) is 69.6 Å². The van der Waals surface area contributed by atoms with Crippen molar-refractivity contribution in [2.45, 2.75) is 127 Å². The molecular formula is C58H81N17O13. The molecule has 20 N–H and O–H groups in total. The first-order valence-corrected chi connectivity index (χ1v) is 28.6. The van der Waals surface area contributed by atoms with Crippen molar-refractivity contribution in [1.82, 2.24) is 73.9 Å². The summed E-state index contributed by atoms with van der Waals surface area (Å²) >= 11 is 0. The number of aromatic nitrogens is 1. The number of para-hydroxylation sites is 1. The molecule has 4 aromatic rings. The Morgan fingerprint density at radius 3 is 1.95 bits per heavy atom. The largest absolute Gasteiger partial charge is 0.508 e. The van der Waals surface area contributed by atoms with Crippen molar-refractivity contribution in [2.75, 3.05) is 33.2 Å².